The number of unbranched alkanes of at least 4 members (excludes halogenated alkanes) is 1. The number of hydrogen-bond acceptors (Lipinski definition) is 3. The Morgan fingerprint density at radius 2 is 2.05 bits per heavy atom. The molecule has 0 bridgehead atoms. The summed E-state index contributed by atoms with van der Waals surface area (Å²) in [7, 11) is 0. The predicted octanol–water partition coefficient (Wildman–Crippen LogP) is 3.88. The van der Waals surface area contributed by atoms with E-state index < -0.39 is 0 Å². The lowest BCUT2D eigenvalue weighted by Crippen LogP contribution is -2.21. The first-order valence-corrected chi connectivity index (χ1v) is 7.52. The Balaban J connectivity index is 2.41. The third kappa shape index (κ3) is 6.20. The number of halogens is 2. The van der Waals surface area contributed by atoms with Gasteiger partial charge in [0.2, 0.25) is 0 Å². The number of hydrogen-bond donors (Lipinski definition) is 1. The summed E-state index contributed by atoms with van der Waals surface area (Å²) in [4.78, 5) is 22.9. The molecule has 19 heavy (non-hydrogen) atoms. The Hall–Kier alpha value is -0.880. The van der Waals surface area contributed by atoms with Gasteiger partial charge >= 0.3 is 5.97 Å². The highest BCUT2D eigenvalue weighted by molar-refractivity contribution is 9.11. The average molecular weight is 393 g/mol. The van der Waals surface area contributed by atoms with Crippen LogP contribution in [-0.4, -0.2) is 18.5 Å². The summed E-state index contributed by atoms with van der Waals surface area (Å²) in [6.45, 7) is 1.73. The number of ether oxygens (including phenoxy) is 1. The molecule has 0 aliphatic heterocycles. The van der Waals surface area contributed by atoms with Crippen LogP contribution in [0.4, 0.5) is 5.69 Å². The van der Waals surface area contributed by atoms with E-state index >= 15 is 0 Å². The van der Waals surface area contributed by atoms with Crippen molar-refractivity contribution in [3.8, 4) is 0 Å². The van der Waals surface area contributed by atoms with Crippen molar-refractivity contribution in [2.75, 3.05) is 11.9 Å². The van der Waals surface area contributed by atoms with Crippen molar-refractivity contribution in [1.82, 2.24) is 0 Å². The maximum absolute atomic E-state index is 11.6. The number of amides is 1. The molecule has 6 heteroatoms. The molecule has 4 nitrogen and oxygen atoms in total. The summed E-state index contributed by atoms with van der Waals surface area (Å²) in [5, 5.41) is 2.67. The van der Waals surface area contributed by atoms with Crippen LogP contribution in [0.25, 0.3) is 0 Å². The summed E-state index contributed by atoms with van der Waals surface area (Å²) in [5.41, 5.74) is 0.637. The zero-order chi connectivity index (χ0) is 14.3. The van der Waals surface area contributed by atoms with Crippen molar-refractivity contribution < 1.29 is 14.3 Å². The van der Waals surface area contributed by atoms with E-state index in [-0.39, 0.29) is 18.5 Å². The third-order valence-corrected chi connectivity index (χ3v) is 3.45. The molecule has 0 fully saturated rings. The normalized spacial score (nSPS) is 10.1. The molecule has 0 saturated carbocycles. The Morgan fingerprint density at radius 1 is 1.32 bits per heavy atom. The van der Waals surface area contributed by atoms with Crippen molar-refractivity contribution in [3.05, 3.63) is 27.1 Å². The number of carbonyl (C=O) groups excluding carboxylic acids is 2. The van der Waals surface area contributed by atoms with Crippen LogP contribution >= 0.6 is 31.9 Å². The molecule has 1 aromatic carbocycles. The van der Waals surface area contributed by atoms with Crippen LogP contribution < -0.4 is 5.32 Å². The van der Waals surface area contributed by atoms with E-state index in [1.54, 1.807) is 6.07 Å². The van der Waals surface area contributed by atoms with Crippen molar-refractivity contribution >= 4 is 49.4 Å². The highest BCUT2D eigenvalue weighted by Crippen LogP contribution is 2.25. The second kappa shape index (κ2) is 8.32. The first-order valence-electron chi connectivity index (χ1n) is 5.93. The summed E-state index contributed by atoms with van der Waals surface area (Å²) in [6.07, 6.45) is 2.05. The molecule has 104 valence electrons. The summed E-state index contributed by atoms with van der Waals surface area (Å²) >= 11 is 6.66. The second-order valence-corrected chi connectivity index (χ2v) is 5.71. The lowest BCUT2D eigenvalue weighted by molar-refractivity contribution is -0.147. The maximum atomic E-state index is 11.6. The lowest BCUT2D eigenvalue weighted by Gasteiger charge is -2.08. The van der Waals surface area contributed by atoms with Gasteiger partial charge < -0.3 is 10.1 Å². The molecular weight excluding hydrogens is 378 g/mol. The van der Waals surface area contributed by atoms with Gasteiger partial charge in [-0.3, -0.25) is 9.59 Å². The highest BCUT2D eigenvalue weighted by Gasteiger charge is 2.09. The van der Waals surface area contributed by atoms with Crippen LogP contribution in [0.15, 0.2) is 27.1 Å². The molecular formula is C13H15Br2NO3. The van der Waals surface area contributed by atoms with E-state index in [0.717, 1.165) is 21.8 Å². The predicted molar refractivity (Wildman–Crippen MR) is 81.0 cm³/mol. The molecule has 1 aromatic rings. The van der Waals surface area contributed by atoms with Crippen LogP contribution in [-0.2, 0) is 14.3 Å². The third-order valence-electron chi connectivity index (χ3n) is 2.30. The molecule has 1 N–H and O–H groups in total. The monoisotopic (exact) mass is 391 g/mol. The quantitative estimate of drug-likeness (QED) is 0.747. The summed E-state index contributed by atoms with van der Waals surface area (Å²) in [6, 6.07) is 5.39. The van der Waals surface area contributed by atoms with Gasteiger partial charge in [-0.2, -0.15) is 0 Å². The molecule has 0 heterocycles. The number of nitrogens with one attached hydrogen (secondary N) is 1. The zero-order valence-corrected chi connectivity index (χ0v) is 13.7. The van der Waals surface area contributed by atoms with Gasteiger partial charge in [0.05, 0.1) is 5.69 Å². The number of carbonyl (C=O) groups is 2. The van der Waals surface area contributed by atoms with E-state index in [9.17, 15) is 9.59 Å². The van der Waals surface area contributed by atoms with Crippen LogP contribution in [0.3, 0.4) is 0 Å². The Labute approximate surface area is 129 Å². The molecule has 0 saturated heterocycles. The van der Waals surface area contributed by atoms with Gasteiger partial charge in [0, 0.05) is 15.4 Å². The van der Waals surface area contributed by atoms with Gasteiger partial charge in [-0.15, -0.1) is 0 Å². The van der Waals surface area contributed by atoms with Crippen LogP contribution in [0.2, 0.25) is 0 Å². The van der Waals surface area contributed by atoms with Gasteiger partial charge in [0.25, 0.3) is 5.91 Å². The van der Waals surface area contributed by atoms with Gasteiger partial charge in [-0.25, -0.2) is 0 Å². The van der Waals surface area contributed by atoms with Crippen molar-refractivity contribution in [2.45, 2.75) is 26.2 Å². The van der Waals surface area contributed by atoms with E-state index in [1.165, 1.54) is 0 Å². The van der Waals surface area contributed by atoms with E-state index in [0.29, 0.717) is 12.1 Å². The van der Waals surface area contributed by atoms with Crippen LogP contribution in [0.1, 0.15) is 26.2 Å². The van der Waals surface area contributed by atoms with E-state index in [4.69, 9.17) is 4.74 Å². The molecule has 0 aliphatic rings. The molecule has 1 amide bonds. The molecule has 0 unspecified atom stereocenters. The van der Waals surface area contributed by atoms with E-state index in [2.05, 4.69) is 37.2 Å². The Bertz CT molecular complexity index is 463. The zero-order valence-electron chi connectivity index (χ0n) is 10.5. The van der Waals surface area contributed by atoms with Gasteiger partial charge in [-0.05, 0) is 40.5 Å². The first-order chi connectivity index (χ1) is 9.02. The first kappa shape index (κ1) is 16.2. The molecule has 0 aromatic heterocycles. The number of esters is 1. The number of anilines is 1. The summed E-state index contributed by atoms with van der Waals surface area (Å²) < 4.78 is 6.53. The minimum atomic E-state index is -0.354. The highest BCUT2D eigenvalue weighted by atomic mass is 79.9. The van der Waals surface area contributed by atoms with Gasteiger partial charge in [0.15, 0.2) is 6.61 Å². The molecule has 0 spiro atoms. The fourth-order valence-electron chi connectivity index (χ4n) is 1.32. The maximum Gasteiger partial charge on any atom is 0.306 e. The molecule has 0 aliphatic carbocycles. The SMILES string of the molecule is CCCCC(=O)OCC(=O)Nc1ccc(Br)cc1Br. The van der Waals surface area contributed by atoms with Gasteiger partial charge in [-0.1, -0.05) is 29.3 Å². The molecule has 0 radical (unpaired) electrons. The smallest absolute Gasteiger partial charge is 0.306 e. The Kier molecular flexibility index (Phi) is 7.09. The average Bonchev–Trinajstić information content (AvgIpc) is 2.37. The van der Waals surface area contributed by atoms with Crippen LogP contribution in [0.5, 0.6) is 0 Å². The molecule has 0 atom stereocenters. The minimum Gasteiger partial charge on any atom is -0.456 e. The fraction of sp³-hybridized carbons (Fsp3) is 0.385. The van der Waals surface area contributed by atoms with Crippen molar-refractivity contribution in [2.24, 2.45) is 0 Å². The number of rotatable bonds is 6. The fourth-order valence-corrected chi connectivity index (χ4v) is 2.46. The van der Waals surface area contributed by atoms with E-state index in [1.807, 2.05) is 19.1 Å². The molecule has 1 rings (SSSR count). The topological polar surface area (TPSA) is 55.4 Å². The number of benzene rings is 1. The van der Waals surface area contributed by atoms with Crippen molar-refractivity contribution in [1.29, 1.82) is 0 Å². The second-order valence-electron chi connectivity index (χ2n) is 3.94. The largest absolute Gasteiger partial charge is 0.456 e. The van der Waals surface area contributed by atoms with Crippen molar-refractivity contribution in [3.63, 3.8) is 0 Å². The minimum absolute atomic E-state index is 0.259. The standard InChI is InChI=1S/C13H15Br2NO3/c1-2-3-4-13(18)19-8-12(17)16-11-6-5-9(14)7-10(11)15/h5-7H,2-4,8H2,1H3,(H,16,17). The van der Waals surface area contributed by atoms with Crippen LogP contribution in [0, 0.1) is 0 Å². The lowest BCUT2D eigenvalue weighted by atomic mass is 10.2. The summed E-state index contributed by atoms with van der Waals surface area (Å²) in [5.74, 6) is -0.695. The van der Waals surface area contributed by atoms with Gasteiger partial charge in [0.1, 0.15) is 0 Å². The Morgan fingerprint density at radius 3 is 2.68 bits per heavy atom.